The van der Waals surface area contributed by atoms with Crippen LogP contribution in [0.2, 0.25) is 0 Å². The smallest absolute Gasteiger partial charge is 0.140 e. The van der Waals surface area contributed by atoms with Crippen LogP contribution in [-0.2, 0) is 6.54 Å². The Morgan fingerprint density at radius 1 is 0.850 bits per heavy atom. The van der Waals surface area contributed by atoms with Crippen molar-refractivity contribution in [2.24, 2.45) is 0 Å². The van der Waals surface area contributed by atoms with Crippen molar-refractivity contribution in [2.45, 2.75) is 6.54 Å². The molecule has 0 aliphatic heterocycles. The molecule has 0 saturated carbocycles. The summed E-state index contributed by atoms with van der Waals surface area (Å²) in [5, 5.41) is 30.4. The molecule has 2 aromatic carbocycles. The first-order valence-corrected chi connectivity index (χ1v) is 6.18. The van der Waals surface area contributed by atoms with Gasteiger partial charge in [-0.05, 0) is 24.3 Å². The van der Waals surface area contributed by atoms with E-state index < -0.39 is 0 Å². The summed E-state index contributed by atoms with van der Waals surface area (Å²) in [6, 6.07) is 6.52. The molecule has 0 amide bonds. The zero-order chi connectivity index (χ0) is 14.4. The van der Waals surface area contributed by atoms with Gasteiger partial charge in [-0.3, -0.25) is 0 Å². The fourth-order valence-corrected chi connectivity index (χ4v) is 2.65. The summed E-state index contributed by atoms with van der Waals surface area (Å²) in [6.07, 6.45) is 0. The molecule has 0 spiro atoms. The van der Waals surface area contributed by atoms with Crippen LogP contribution in [0.4, 0.5) is 11.4 Å². The summed E-state index contributed by atoms with van der Waals surface area (Å²) in [4.78, 5) is 0. The topological polar surface area (TPSA) is 118 Å². The van der Waals surface area contributed by atoms with Crippen molar-refractivity contribution in [3.63, 3.8) is 0 Å². The molecule has 6 nitrogen and oxygen atoms in total. The number of hydrogen-bond acceptors (Lipinski definition) is 5. The number of hydrogen-bond donors (Lipinski definition) is 5. The highest BCUT2D eigenvalue weighted by atomic mass is 16.3. The zero-order valence-corrected chi connectivity index (χ0v) is 10.7. The normalized spacial score (nSPS) is 11.4. The first-order valence-electron chi connectivity index (χ1n) is 6.18. The number of fused-ring (bicyclic) bond motifs is 3. The SMILES string of the molecule is Nc1c(O)ccc2c3ccc(O)c(N)c3n(CCO)c12. The second-order valence-corrected chi connectivity index (χ2v) is 4.66. The summed E-state index contributed by atoms with van der Waals surface area (Å²) < 4.78 is 1.72. The third-order valence-corrected chi connectivity index (χ3v) is 3.54. The van der Waals surface area contributed by atoms with Crippen molar-refractivity contribution in [3.8, 4) is 11.5 Å². The number of nitrogen functional groups attached to an aromatic ring is 2. The van der Waals surface area contributed by atoms with Gasteiger partial charge in [-0.1, -0.05) is 0 Å². The first-order chi connectivity index (χ1) is 9.56. The van der Waals surface area contributed by atoms with E-state index >= 15 is 0 Å². The molecule has 0 aliphatic carbocycles. The zero-order valence-electron chi connectivity index (χ0n) is 10.7. The van der Waals surface area contributed by atoms with E-state index in [2.05, 4.69) is 0 Å². The number of aromatic hydroxyl groups is 2. The maximum Gasteiger partial charge on any atom is 0.140 e. The van der Waals surface area contributed by atoms with E-state index in [1.807, 2.05) is 0 Å². The number of anilines is 2. The number of nitrogens with two attached hydrogens (primary N) is 2. The predicted octanol–water partition coefficient (Wildman–Crippen LogP) is 1.36. The van der Waals surface area contributed by atoms with Crippen molar-refractivity contribution >= 4 is 33.2 Å². The van der Waals surface area contributed by atoms with Gasteiger partial charge < -0.3 is 31.4 Å². The molecule has 0 saturated heterocycles. The summed E-state index contributed by atoms with van der Waals surface area (Å²) in [7, 11) is 0. The van der Waals surface area contributed by atoms with Crippen LogP contribution in [-0.4, -0.2) is 26.5 Å². The summed E-state index contributed by atoms with van der Waals surface area (Å²) in [6.45, 7) is 0.157. The van der Waals surface area contributed by atoms with Gasteiger partial charge in [-0.25, -0.2) is 0 Å². The van der Waals surface area contributed by atoms with Gasteiger partial charge in [0.05, 0.1) is 29.0 Å². The maximum absolute atomic E-state index is 9.78. The number of phenols is 2. The molecule has 20 heavy (non-hydrogen) atoms. The predicted molar refractivity (Wildman–Crippen MR) is 78.7 cm³/mol. The lowest BCUT2D eigenvalue weighted by atomic mass is 10.1. The lowest BCUT2D eigenvalue weighted by molar-refractivity contribution is 0.280. The highest BCUT2D eigenvalue weighted by Gasteiger charge is 2.18. The third-order valence-electron chi connectivity index (χ3n) is 3.54. The van der Waals surface area contributed by atoms with Crippen LogP contribution in [0.15, 0.2) is 24.3 Å². The van der Waals surface area contributed by atoms with Crippen molar-refractivity contribution < 1.29 is 15.3 Å². The number of nitrogens with zero attached hydrogens (tertiary/aromatic N) is 1. The van der Waals surface area contributed by atoms with Crippen molar-refractivity contribution in [3.05, 3.63) is 24.3 Å². The second-order valence-electron chi connectivity index (χ2n) is 4.66. The highest BCUT2D eigenvalue weighted by Crippen LogP contribution is 2.40. The van der Waals surface area contributed by atoms with Crippen LogP contribution in [0, 0.1) is 0 Å². The minimum atomic E-state index is -0.108. The fraction of sp³-hybridized carbons (Fsp3) is 0.143. The van der Waals surface area contributed by atoms with Crippen LogP contribution in [0.3, 0.4) is 0 Å². The van der Waals surface area contributed by atoms with Crippen LogP contribution < -0.4 is 11.5 Å². The molecule has 6 heteroatoms. The molecule has 0 fully saturated rings. The van der Waals surface area contributed by atoms with E-state index in [1.165, 1.54) is 12.1 Å². The number of benzene rings is 2. The minimum absolute atomic E-state index is 0.0257. The molecule has 1 aromatic heterocycles. The lowest BCUT2D eigenvalue weighted by Crippen LogP contribution is -2.05. The molecule has 104 valence electrons. The second kappa shape index (κ2) is 4.21. The van der Waals surface area contributed by atoms with Gasteiger partial charge in [0, 0.05) is 17.3 Å². The van der Waals surface area contributed by atoms with Gasteiger partial charge in [0.2, 0.25) is 0 Å². The van der Waals surface area contributed by atoms with Crippen LogP contribution in [0.1, 0.15) is 0 Å². The third kappa shape index (κ3) is 1.48. The Hall–Kier alpha value is -2.60. The number of rotatable bonds is 2. The van der Waals surface area contributed by atoms with Crippen LogP contribution >= 0.6 is 0 Å². The Morgan fingerprint density at radius 2 is 1.30 bits per heavy atom. The monoisotopic (exact) mass is 273 g/mol. The van der Waals surface area contributed by atoms with E-state index in [0.717, 1.165) is 10.8 Å². The minimum Gasteiger partial charge on any atom is -0.506 e. The van der Waals surface area contributed by atoms with E-state index in [4.69, 9.17) is 11.5 Å². The number of aliphatic hydroxyl groups excluding tert-OH is 1. The van der Waals surface area contributed by atoms with Gasteiger partial charge in [-0.2, -0.15) is 0 Å². The van der Waals surface area contributed by atoms with Crippen molar-refractivity contribution in [1.29, 1.82) is 0 Å². The fourth-order valence-electron chi connectivity index (χ4n) is 2.65. The lowest BCUT2D eigenvalue weighted by Gasteiger charge is -2.09. The summed E-state index contributed by atoms with van der Waals surface area (Å²) in [5.41, 5.74) is 13.6. The molecular formula is C14H15N3O3. The standard InChI is InChI=1S/C14H15N3O3/c15-11-9(19)3-1-7-8-2-4-10(20)12(16)14(8)17(5-6-18)13(7)11/h1-4,18-20H,5-6,15-16H2. The number of phenolic OH excluding ortho intramolecular Hbond substituents is 2. The van der Waals surface area contributed by atoms with Crippen LogP contribution in [0.25, 0.3) is 21.8 Å². The van der Waals surface area contributed by atoms with Crippen molar-refractivity contribution in [1.82, 2.24) is 4.57 Å². The average molecular weight is 273 g/mol. The van der Waals surface area contributed by atoms with Gasteiger partial charge in [0.15, 0.2) is 0 Å². The molecule has 0 aliphatic rings. The Kier molecular flexibility index (Phi) is 2.62. The molecule has 0 unspecified atom stereocenters. The molecular weight excluding hydrogens is 258 g/mol. The molecule has 0 atom stereocenters. The van der Waals surface area contributed by atoms with E-state index in [1.54, 1.807) is 16.7 Å². The van der Waals surface area contributed by atoms with Gasteiger partial charge >= 0.3 is 0 Å². The summed E-state index contributed by atoms with van der Waals surface area (Å²) >= 11 is 0. The maximum atomic E-state index is 9.78. The Bertz CT molecular complexity index is 758. The molecule has 0 bridgehead atoms. The van der Waals surface area contributed by atoms with Crippen LogP contribution in [0.5, 0.6) is 11.5 Å². The molecule has 3 rings (SSSR count). The molecule has 7 N–H and O–H groups in total. The van der Waals surface area contributed by atoms with Gasteiger partial charge in [0.25, 0.3) is 0 Å². The quantitative estimate of drug-likeness (QED) is 0.357. The molecule has 3 aromatic rings. The van der Waals surface area contributed by atoms with E-state index in [0.29, 0.717) is 11.0 Å². The Labute approximate surface area is 114 Å². The van der Waals surface area contributed by atoms with E-state index in [9.17, 15) is 15.3 Å². The largest absolute Gasteiger partial charge is 0.506 e. The number of aliphatic hydroxyl groups is 1. The van der Waals surface area contributed by atoms with Crippen molar-refractivity contribution in [2.75, 3.05) is 18.1 Å². The van der Waals surface area contributed by atoms with Gasteiger partial charge in [0.1, 0.15) is 11.5 Å². The Balaban J connectivity index is 2.59. The van der Waals surface area contributed by atoms with E-state index in [-0.39, 0.29) is 36.0 Å². The first kappa shape index (κ1) is 12.4. The average Bonchev–Trinajstić information content (AvgIpc) is 2.74. The molecule has 0 radical (unpaired) electrons. The Morgan fingerprint density at radius 3 is 1.70 bits per heavy atom. The highest BCUT2D eigenvalue weighted by molar-refractivity contribution is 6.16. The van der Waals surface area contributed by atoms with Gasteiger partial charge in [-0.15, -0.1) is 0 Å². The summed E-state index contributed by atoms with van der Waals surface area (Å²) in [5.74, 6) is -0.0513. The molecule has 1 heterocycles. The number of aromatic nitrogens is 1.